The van der Waals surface area contributed by atoms with Crippen molar-refractivity contribution < 1.29 is 18.7 Å². The minimum Gasteiger partial charge on any atom is -0.488 e. The summed E-state index contributed by atoms with van der Waals surface area (Å²) in [5.74, 6) is 0.139. The lowest BCUT2D eigenvalue weighted by atomic mass is 10.0. The van der Waals surface area contributed by atoms with Crippen LogP contribution in [0.5, 0.6) is 5.75 Å². The number of thiazole rings is 1. The second-order valence-electron chi connectivity index (χ2n) is 12.7. The van der Waals surface area contributed by atoms with Gasteiger partial charge in [0, 0.05) is 45.0 Å². The summed E-state index contributed by atoms with van der Waals surface area (Å²) in [6.45, 7) is 8.27. The Morgan fingerprint density at radius 3 is 2.70 bits per heavy atom. The highest BCUT2D eigenvalue weighted by Gasteiger charge is 2.34. The van der Waals surface area contributed by atoms with Gasteiger partial charge in [0.15, 0.2) is 17.4 Å². The summed E-state index contributed by atoms with van der Waals surface area (Å²) >= 11 is 1.55. The number of carbonyl (C=O) groups excluding carboxylic acids is 2. The van der Waals surface area contributed by atoms with E-state index in [4.69, 9.17) is 15.9 Å². The molecule has 3 aromatic heterocycles. The molecule has 2 aliphatic heterocycles. The fourth-order valence-electron chi connectivity index (χ4n) is 6.14. The summed E-state index contributed by atoms with van der Waals surface area (Å²) in [5.41, 5.74) is 7.95. The number of benzene rings is 1. The number of carbonyl (C=O) groups is 2. The second-order valence-corrected chi connectivity index (χ2v) is 13.7. The largest absolute Gasteiger partial charge is 0.488 e. The van der Waals surface area contributed by atoms with E-state index in [1.54, 1.807) is 65.5 Å². The van der Waals surface area contributed by atoms with Crippen LogP contribution >= 0.6 is 11.3 Å². The summed E-state index contributed by atoms with van der Waals surface area (Å²) in [4.78, 5) is 46.9. The van der Waals surface area contributed by atoms with Crippen molar-refractivity contribution in [3.8, 4) is 16.5 Å². The van der Waals surface area contributed by atoms with Gasteiger partial charge in [0.1, 0.15) is 22.8 Å². The number of hydrogen-bond donors (Lipinski definition) is 2. The minimum absolute atomic E-state index is 0.0295. The Bertz CT molecular complexity index is 1940. The number of nitrogens with zero attached hydrogens (tertiary/aromatic N) is 8. The van der Waals surface area contributed by atoms with Crippen LogP contribution in [0.1, 0.15) is 49.9 Å². The van der Waals surface area contributed by atoms with E-state index in [1.165, 1.54) is 12.1 Å². The number of nitrogens with one attached hydrogen (secondary N) is 1. The van der Waals surface area contributed by atoms with Gasteiger partial charge in [-0.3, -0.25) is 29.5 Å². The number of aromatic nitrogens is 5. The maximum absolute atomic E-state index is 14.7. The fourth-order valence-corrected chi connectivity index (χ4v) is 7.06. The fraction of sp³-hybridized carbons (Fsp3) is 0.400. The zero-order chi connectivity index (χ0) is 35.5. The number of amides is 2. The van der Waals surface area contributed by atoms with Crippen molar-refractivity contribution in [2.45, 2.75) is 39.7 Å². The van der Waals surface area contributed by atoms with Crippen molar-refractivity contribution >= 4 is 45.9 Å². The van der Waals surface area contributed by atoms with Gasteiger partial charge in [-0.15, -0.1) is 11.3 Å². The summed E-state index contributed by atoms with van der Waals surface area (Å²) in [6, 6.07) is 7.56. The number of pyridine rings is 1. The number of aryl methyl sites for hydroxylation is 1. The Labute approximate surface area is 294 Å². The Morgan fingerprint density at radius 1 is 1.20 bits per heavy atom. The van der Waals surface area contributed by atoms with Crippen molar-refractivity contribution in [1.29, 1.82) is 5.41 Å². The van der Waals surface area contributed by atoms with Crippen LogP contribution in [0.2, 0.25) is 0 Å². The van der Waals surface area contributed by atoms with Crippen LogP contribution in [-0.4, -0.2) is 97.4 Å². The predicted octanol–water partition coefficient (Wildman–Crippen LogP) is 4.25. The van der Waals surface area contributed by atoms with Gasteiger partial charge in [0.05, 0.1) is 34.8 Å². The molecule has 2 aliphatic rings. The van der Waals surface area contributed by atoms with E-state index in [2.05, 4.69) is 26.1 Å². The van der Waals surface area contributed by atoms with Gasteiger partial charge in [0.25, 0.3) is 0 Å². The van der Waals surface area contributed by atoms with Gasteiger partial charge < -0.3 is 15.4 Å². The average Bonchev–Trinajstić information content (AvgIpc) is 3.88. The van der Waals surface area contributed by atoms with E-state index < -0.39 is 5.82 Å². The standard InChI is InChI=1S/C35H41FN10O3S/c1-5-46(29-9-7-26(37)32(41-29)31(38)23-6-8-27(25(36)16-23)49-21(2)3)35(48)24-10-13-44(18-24)19-30(47)45-14-11-22(12-15-45)34-39-17-28(50-34)33-40-20-43(4)42-33/h6-9,11,16-17,20-21,24,38H,5,10,12-15,18-19,37H2,1-4H3/t24-/m1/s1. The Hall–Kier alpha value is -5.02. The average molecular weight is 701 g/mol. The molecule has 50 heavy (non-hydrogen) atoms. The molecule has 2 amide bonds. The first-order chi connectivity index (χ1) is 24.0. The molecule has 1 atom stereocenters. The summed E-state index contributed by atoms with van der Waals surface area (Å²) in [5, 5.41) is 14.0. The summed E-state index contributed by atoms with van der Waals surface area (Å²) in [6.07, 6.45) is 6.64. The van der Waals surface area contributed by atoms with Crippen LogP contribution in [0.3, 0.4) is 0 Å². The SMILES string of the molecule is CCN(C(=O)[C@@H]1CCN(CC(=O)N2CC=C(c3ncc(-c4ncn(C)n4)s3)CC2)C1)c1ccc(N)c(C(=N)c2ccc(OC(C)C)c(F)c2)n1. The predicted molar refractivity (Wildman–Crippen MR) is 191 cm³/mol. The molecule has 3 N–H and O–H groups in total. The maximum Gasteiger partial charge on any atom is 0.237 e. The van der Waals surface area contributed by atoms with Crippen LogP contribution in [0.25, 0.3) is 16.3 Å². The first-order valence-corrected chi connectivity index (χ1v) is 17.5. The number of rotatable bonds is 11. The molecule has 0 unspecified atom stereocenters. The highest BCUT2D eigenvalue weighted by molar-refractivity contribution is 7.16. The molecular formula is C35H41FN10O3S. The second kappa shape index (κ2) is 14.8. The molecule has 6 rings (SSSR count). The van der Waals surface area contributed by atoms with Crippen LogP contribution < -0.4 is 15.4 Å². The lowest BCUT2D eigenvalue weighted by Gasteiger charge is -2.28. The Morgan fingerprint density at radius 2 is 2.02 bits per heavy atom. The monoisotopic (exact) mass is 700 g/mol. The van der Waals surface area contributed by atoms with E-state index >= 15 is 0 Å². The molecule has 0 bridgehead atoms. The van der Waals surface area contributed by atoms with Gasteiger partial charge >= 0.3 is 0 Å². The van der Waals surface area contributed by atoms with Crippen molar-refractivity contribution in [2.75, 3.05) is 49.9 Å². The molecule has 1 fully saturated rings. The van der Waals surface area contributed by atoms with Gasteiger partial charge in [-0.2, -0.15) is 5.10 Å². The first kappa shape index (κ1) is 34.8. The molecule has 0 radical (unpaired) electrons. The number of hydrogen-bond acceptors (Lipinski definition) is 11. The highest BCUT2D eigenvalue weighted by atomic mass is 32.1. The lowest BCUT2D eigenvalue weighted by molar-refractivity contribution is -0.132. The van der Waals surface area contributed by atoms with E-state index in [-0.39, 0.29) is 58.8 Å². The number of nitrogen functional groups attached to an aromatic ring is 1. The van der Waals surface area contributed by atoms with Crippen molar-refractivity contribution in [3.63, 3.8) is 0 Å². The van der Waals surface area contributed by atoms with Crippen LogP contribution in [-0.2, 0) is 16.6 Å². The van der Waals surface area contributed by atoms with E-state index in [0.29, 0.717) is 57.2 Å². The molecular weight excluding hydrogens is 660 g/mol. The third-order valence-electron chi connectivity index (χ3n) is 8.73. The molecule has 4 aromatic rings. The van der Waals surface area contributed by atoms with Crippen LogP contribution in [0.15, 0.2) is 48.9 Å². The van der Waals surface area contributed by atoms with Crippen molar-refractivity contribution in [1.82, 2.24) is 34.5 Å². The number of nitrogens with two attached hydrogens (primary N) is 1. The zero-order valence-corrected chi connectivity index (χ0v) is 29.4. The number of halogens is 1. The quantitative estimate of drug-likeness (QED) is 0.218. The maximum atomic E-state index is 14.7. The zero-order valence-electron chi connectivity index (χ0n) is 28.6. The third-order valence-corrected chi connectivity index (χ3v) is 9.80. The molecule has 0 spiro atoms. The molecule has 13 nitrogen and oxygen atoms in total. The number of likely N-dealkylation sites (tertiary alicyclic amines) is 1. The molecule has 262 valence electrons. The van der Waals surface area contributed by atoms with Gasteiger partial charge in [-0.05, 0) is 76.1 Å². The molecule has 0 saturated carbocycles. The normalized spacial score (nSPS) is 16.5. The minimum atomic E-state index is -0.587. The first-order valence-electron chi connectivity index (χ1n) is 16.7. The van der Waals surface area contributed by atoms with E-state index in [0.717, 1.165) is 15.5 Å². The number of anilines is 2. The van der Waals surface area contributed by atoms with Gasteiger partial charge in [-0.25, -0.2) is 19.3 Å². The number of ether oxygens (including phenoxy) is 1. The Balaban J connectivity index is 1.05. The molecule has 15 heteroatoms. The van der Waals surface area contributed by atoms with Crippen LogP contribution in [0.4, 0.5) is 15.9 Å². The third kappa shape index (κ3) is 7.58. The molecule has 0 aliphatic carbocycles. The van der Waals surface area contributed by atoms with Crippen molar-refractivity contribution in [2.24, 2.45) is 13.0 Å². The molecule has 1 saturated heterocycles. The summed E-state index contributed by atoms with van der Waals surface area (Å²) < 4.78 is 21.9. The highest BCUT2D eigenvalue weighted by Crippen LogP contribution is 2.31. The summed E-state index contributed by atoms with van der Waals surface area (Å²) in [7, 11) is 1.83. The van der Waals surface area contributed by atoms with E-state index in [1.807, 2.05) is 23.8 Å². The van der Waals surface area contributed by atoms with Crippen molar-refractivity contribution in [3.05, 3.63) is 71.0 Å². The van der Waals surface area contributed by atoms with Gasteiger partial charge in [0.2, 0.25) is 11.8 Å². The molecule has 5 heterocycles. The van der Waals surface area contributed by atoms with Gasteiger partial charge in [-0.1, -0.05) is 6.08 Å². The lowest BCUT2D eigenvalue weighted by Crippen LogP contribution is -2.42. The van der Waals surface area contributed by atoms with E-state index in [9.17, 15) is 14.0 Å². The van der Waals surface area contributed by atoms with Crippen LogP contribution in [0, 0.1) is 17.1 Å². The Kier molecular flexibility index (Phi) is 10.3. The topological polar surface area (TPSA) is 159 Å². The molecule has 1 aromatic carbocycles. The smallest absolute Gasteiger partial charge is 0.237 e.